The first-order valence-electron chi connectivity index (χ1n) is 13.8. The molecule has 4 aliphatic carbocycles. The molecule has 0 unspecified atom stereocenters. The van der Waals surface area contributed by atoms with Crippen LogP contribution in [0.4, 0.5) is 0 Å². The second kappa shape index (κ2) is 7.77. The van der Waals surface area contributed by atoms with E-state index in [1.165, 1.54) is 76.2 Å². The van der Waals surface area contributed by atoms with E-state index in [1.54, 1.807) is 0 Å². The number of fused-ring (bicyclic) bond motifs is 4. The topological polar surface area (TPSA) is 0 Å². The van der Waals surface area contributed by atoms with Crippen molar-refractivity contribution in [1.29, 1.82) is 0 Å². The van der Waals surface area contributed by atoms with Crippen molar-refractivity contribution in [3.8, 4) is 0 Å². The highest BCUT2D eigenvalue weighted by molar-refractivity contribution is 5.38. The van der Waals surface area contributed by atoms with Gasteiger partial charge in [0.15, 0.2) is 0 Å². The van der Waals surface area contributed by atoms with Gasteiger partial charge in [0.25, 0.3) is 0 Å². The summed E-state index contributed by atoms with van der Waals surface area (Å²) in [4.78, 5) is 0. The van der Waals surface area contributed by atoms with Crippen LogP contribution in [0.3, 0.4) is 0 Å². The molecule has 0 nitrogen and oxygen atoms in total. The highest BCUT2D eigenvalue weighted by Crippen LogP contribution is 2.72. The maximum absolute atomic E-state index is 4.13. The molecule has 0 bridgehead atoms. The van der Waals surface area contributed by atoms with E-state index in [-0.39, 0.29) is 0 Å². The van der Waals surface area contributed by atoms with Gasteiger partial charge in [-0.1, -0.05) is 71.6 Å². The summed E-state index contributed by atoms with van der Waals surface area (Å²) >= 11 is 0. The molecule has 0 radical (unpaired) electrons. The van der Waals surface area contributed by atoms with E-state index in [1.807, 2.05) is 11.1 Å². The first kappa shape index (κ1) is 23.6. The molecule has 0 spiro atoms. The average Bonchev–Trinajstić information content (AvgIpc) is 2.96. The van der Waals surface area contributed by atoms with Gasteiger partial charge in [0.2, 0.25) is 0 Å². The van der Waals surface area contributed by atoms with Gasteiger partial charge in [-0.25, -0.2) is 0 Å². The minimum absolute atomic E-state index is 0.453. The number of hydrogen-bond acceptors (Lipinski definition) is 0. The molecule has 0 aromatic carbocycles. The number of rotatable bonds is 5. The largest absolute Gasteiger partial charge is 0.100 e. The van der Waals surface area contributed by atoms with Crippen molar-refractivity contribution >= 4 is 0 Å². The molecule has 7 atom stereocenters. The molecule has 31 heavy (non-hydrogen) atoms. The zero-order valence-electron chi connectivity index (χ0n) is 22.3. The lowest BCUT2D eigenvalue weighted by Crippen LogP contribution is -2.53. The fourth-order valence-electron chi connectivity index (χ4n) is 9.75. The van der Waals surface area contributed by atoms with E-state index in [4.69, 9.17) is 0 Å². The Balaban J connectivity index is 1.63. The lowest BCUT2D eigenvalue weighted by atomic mass is 9.42. The third-order valence-electron chi connectivity index (χ3n) is 12.3. The highest BCUT2D eigenvalue weighted by atomic mass is 14.7. The summed E-state index contributed by atoms with van der Waals surface area (Å²) in [7, 11) is 0. The Morgan fingerprint density at radius 3 is 2.35 bits per heavy atom. The average molecular weight is 425 g/mol. The van der Waals surface area contributed by atoms with Crippen LogP contribution >= 0.6 is 0 Å². The van der Waals surface area contributed by atoms with Crippen molar-refractivity contribution < 1.29 is 0 Å². The van der Waals surface area contributed by atoms with Crippen LogP contribution < -0.4 is 0 Å². The smallest absolute Gasteiger partial charge is 0.00568 e. The molecule has 0 heteroatoms. The molecular weight excluding hydrogens is 372 g/mol. The summed E-state index contributed by atoms with van der Waals surface area (Å²) in [6.45, 7) is 24.7. The van der Waals surface area contributed by atoms with Crippen molar-refractivity contribution in [3.05, 3.63) is 23.3 Å². The first-order chi connectivity index (χ1) is 14.4. The van der Waals surface area contributed by atoms with Gasteiger partial charge in [-0.15, -0.1) is 6.58 Å². The minimum Gasteiger partial charge on any atom is -0.100 e. The monoisotopic (exact) mass is 424 g/mol. The van der Waals surface area contributed by atoms with E-state index in [0.717, 1.165) is 23.7 Å². The Hall–Kier alpha value is -0.520. The molecule has 0 N–H and O–H groups in total. The fraction of sp³-hybridized carbons (Fsp3) is 0.871. The molecule has 4 aliphatic rings. The molecular formula is C31H52. The molecule has 0 aromatic rings. The summed E-state index contributed by atoms with van der Waals surface area (Å²) in [5.41, 5.74) is 7.20. The highest BCUT2D eigenvalue weighted by Gasteiger charge is 2.62. The first-order valence-corrected chi connectivity index (χ1v) is 13.8. The Morgan fingerprint density at radius 1 is 0.968 bits per heavy atom. The summed E-state index contributed by atoms with van der Waals surface area (Å²) < 4.78 is 0. The van der Waals surface area contributed by atoms with Crippen molar-refractivity contribution in [2.24, 2.45) is 45.3 Å². The van der Waals surface area contributed by atoms with Gasteiger partial charge in [-0.3, -0.25) is 0 Å². The van der Waals surface area contributed by atoms with Crippen LogP contribution in [0.25, 0.3) is 0 Å². The molecule has 4 rings (SSSR count). The predicted octanol–water partition coefficient (Wildman–Crippen LogP) is 9.75. The molecule has 0 saturated heterocycles. The molecule has 0 aromatic heterocycles. The van der Waals surface area contributed by atoms with E-state index >= 15 is 0 Å². The summed E-state index contributed by atoms with van der Waals surface area (Å²) in [5, 5.41) is 0. The quantitative estimate of drug-likeness (QED) is 0.385. The van der Waals surface area contributed by atoms with E-state index in [9.17, 15) is 0 Å². The Morgan fingerprint density at radius 2 is 1.68 bits per heavy atom. The zero-order chi connectivity index (χ0) is 22.8. The predicted molar refractivity (Wildman–Crippen MR) is 136 cm³/mol. The number of allylic oxidation sites excluding steroid dienone is 3. The maximum Gasteiger partial charge on any atom is -0.00568 e. The molecule has 0 aliphatic heterocycles. The van der Waals surface area contributed by atoms with Crippen LogP contribution in [0.2, 0.25) is 0 Å². The van der Waals surface area contributed by atoms with Gasteiger partial charge in [-0.2, -0.15) is 0 Å². The van der Waals surface area contributed by atoms with Gasteiger partial charge in [0.1, 0.15) is 0 Å². The minimum atomic E-state index is 0.453. The molecule has 0 heterocycles. The Bertz CT molecular complexity index is 752. The summed E-state index contributed by atoms with van der Waals surface area (Å²) in [6.07, 6.45) is 15.4. The summed E-state index contributed by atoms with van der Waals surface area (Å²) in [6, 6.07) is 0. The molecule has 0 amide bonds. The Kier molecular flexibility index (Phi) is 5.92. The third-order valence-corrected chi connectivity index (χ3v) is 12.3. The lowest BCUT2D eigenvalue weighted by molar-refractivity contribution is -0.0482. The van der Waals surface area contributed by atoms with Gasteiger partial charge in [0.05, 0.1) is 0 Å². The molecule has 2 saturated carbocycles. The van der Waals surface area contributed by atoms with Crippen LogP contribution in [-0.2, 0) is 0 Å². The lowest BCUT2D eigenvalue weighted by Gasteiger charge is -2.62. The van der Waals surface area contributed by atoms with Crippen LogP contribution in [0.1, 0.15) is 126 Å². The summed E-state index contributed by atoms with van der Waals surface area (Å²) in [5.74, 6) is 3.52. The normalized spacial score (nSPS) is 45.0. The van der Waals surface area contributed by atoms with Gasteiger partial charge in [0, 0.05) is 0 Å². The molecule has 176 valence electrons. The van der Waals surface area contributed by atoms with E-state index in [0.29, 0.717) is 21.7 Å². The zero-order valence-corrected chi connectivity index (χ0v) is 22.3. The second-order valence-corrected chi connectivity index (χ2v) is 13.9. The SMILES string of the molecule is C=C(C)CCC[C@@H](C)[C@H]1CC[C@@]2(C)C3=C(CC[C@]12C)[C@@]1(C)CC[C@H](C)C(C)(C)[C@@H]1CC3. The van der Waals surface area contributed by atoms with Gasteiger partial charge >= 0.3 is 0 Å². The van der Waals surface area contributed by atoms with Crippen LogP contribution in [0.5, 0.6) is 0 Å². The fourth-order valence-corrected chi connectivity index (χ4v) is 9.75. The second-order valence-electron chi connectivity index (χ2n) is 13.9. The van der Waals surface area contributed by atoms with Crippen LogP contribution in [0.15, 0.2) is 23.3 Å². The van der Waals surface area contributed by atoms with Crippen molar-refractivity contribution in [1.82, 2.24) is 0 Å². The van der Waals surface area contributed by atoms with Crippen LogP contribution in [-0.4, -0.2) is 0 Å². The van der Waals surface area contributed by atoms with Crippen LogP contribution in [0, 0.1) is 45.3 Å². The van der Waals surface area contributed by atoms with E-state index < -0.39 is 0 Å². The van der Waals surface area contributed by atoms with Crippen molar-refractivity contribution in [3.63, 3.8) is 0 Å². The molecule has 2 fully saturated rings. The maximum atomic E-state index is 4.13. The van der Waals surface area contributed by atoms with Gasteiger partial charge < -0.3 is 0 Å². The van der Waals surface area contributed by atoms with E-state index in [2.05, 4.69) is 62.0 Å². The third kappa shape index (κ3) is 3.35. The van der Waals surface area contributed by atoms with Crippen molar-refractivity contribution in [2.45, 2.75) is 126 Å². The van der Waals surface area contributed by atoms with Crippen molar-refractivity contribution in [2.75, 3.05) is 0 Å². The Labute approximate surface area is 194 Å². The standard InChI is InChI=1S/C31H52/c1-21(2)11-10-12-22(3)24-16-19-31(9)26-13-14-27-28(5,6)23(4)15-18-29(27,7)25(26)17-20-30(24,31)8/h22-24,27H,1,10-20H2,2-9H3/t22-,23+,24-,27+,29-,30-,31+/m1/s1. The number of hydrogen-bond donors (Lipinski definition) is 0. The van der Waals surface area contributed by atoms with Gasteiger partial charge in [-0.05, 0) is 116 Å².